The van der Waals surface area contributed by atoms with E-state index in [1.54, 1.807) is 4.90 Å². The number of benzene rings is 1. The molecular formula is C17H22N2O2. The van der Waals surface area contributed by atoms with Gasteiger partial charge in [0.1, 0.15) is 0 Å². The molecule has 112 valence electrons. The largest absolute Gasteiger partial charge is 0.354 e. The van der Waals surface area contributed by atoms with Crippen LogP contribution in [0.1, 0.15) is 36.0 Å². The highest BCUT2D eigenvalue weighted by Crippen LogP contribution is 2.22. The summed E-state index contributed by atoms with van der Waals surface area (Å²) in [5.41, 5.74) is 3.96. The number of carbonyl (C=O) groups is 2. The maximum atomic E-state index is 12.4. The van der Waals surface area contributed by atoms with Crippen LogP contribution >= 0.6 is 0 Å². The molecule has 0 atom stereocenters. The second kappa shape index (κ2) is 6.29. The molecule has 1 aliphatic heterocycles. The van der Waals surface area contributed by atoms with Crippen molar-refractivity contribution in [1.82, 2.24) is 10.2 Å². The molecule has 0 unspecified atom stereocenters. The smallest absolute Gasteiger partial charge is 0.227 e. The van der Waals surface area contributed by atoms with Crippen molar-refractivity contribution >= 4 is 11.8 Å². The van der Waals surface area contributed by atoms with Gasteiger partial charge in [-0.3, -0.25) is 9.59 Å². The number of aryl methyl sites for hydroxylation is 2. The number of hydrogen-bond acceptors (Lipinski definition) is 2. The summed E-state index contributed by atoms with van der Waals surface area (Å²) in [4.78, 5) is 25.5. The fourth-order valence-corrected chi connectivity index (χ4v) is 3.20. The van der Waals surface area contributed by atoms with Crippen LogP contribution in [-0.4, -0.2) is 36.3 Å². The van der Waals surface area contributed by atoms with Gasteiger partial charge in [0.25, 0.3) is 0 Å². The molecule has 1 fully saturated rings. The Morgan fingerprint density at radius 1 is 1.10 bits per heavy atom. The second-order valence-corrected chi connectivity index (χ2v) is 5.97. The highest BCUT2D eigenvalue weighted by molar-refractivity contribution is 5.81. The Morgan fingerprint density at radius 3 is 2.76 bits per heavy atom. The standard InChI is InChI=1S/C17H22N2O2/c20-16-7-9-19(10-8-18-16)17(21)12-13-5-6-14-3-1-2-4-15(14)11-13/h5-6,11H,1-4,7-10,12H2,(H,18,20). The fraction of sp³-hybridized carbons (Fsp3) is 0.529. The van der Waals surface area contributed by atoms with E-state index in [2.05, 4.69) is 23.5 Å². The van der Waals surface area contributed by atoms with Crippen LogP contribution in [-0.2, 0) is 28.9 Å². The minimum Gasteiger partial charge on any atom is -0.354 e. The highest BCUT2D eigenvalue weighted by Gasteiger charge is 2.19. The molecule has 21 heavy (non-hydrogen) atoms. The molecule has 1 saturated heterocycles. The molecule has 1 aromatic rings. The average molecular weight is 286 g/mol. The predicted molar refractivity (Wildman–Crippen MR) is 81.0 cm³/mol. The lowest BCUT2D eigenvalue weighted by Gasteiger charge is -2.21. The molecule has 0 bridgehead atoms. The zero-order valence-corrected chi connectivity index (χ0v) is 12.4. The van der Waals surface area contributed by atoms with Gasteiger partial charge < -0.3 is 10.2 Å². The van der Waals surface area contributed by atoms with Gasteiger partial charge in [0.05, 0.1) is 6.42 Å². The normalized spacial score (nSPS) is 18.7. The van der Waals surface area contributed by atoms with Gasteiger partial charge >= 0.3 is 0 Å². The van der Waals surface area contributed by atoms with Crippen LogP contribution in [0.2, 0.25) is 0 Å². The molecule has 0 radical (unpaired) electrons. The highest BCUT2D eigenvalue weighted by atomic mass is 16.2. The molecule has 1 aromatic carbocycles. The summed E-state index contributed by atoms with van der Waals surface area (Å²) < 4.78 is 0. The van der Waals surface area contributed by atoms with E-state index < -0.39 is 0 Å². The summed E-state index contributed by atoms with van der Waals surface area (Å²) in [6.45, 7) is 1.72. The van der Waals surface area contributed by atoms with E-state index in [4.69, 9.17) is 0 Å². The third-order valence-corrected chi connectivity index (χ3v) is 4.43. The summed E-state index contributed by atoms with van der Waals surface area (Å²) in [6, 6.07) is 6.47. The average Bonchev–Trinajstić information content (AvgIpc) is 2.72. The van der Waals surface area contributed by atoms with Gasteiger partial charge in [-0.2, -0.15) is 0 Å². The van der Waals surface area contributed by atoms with Crippen molar-refractivity contribution < 1.29 is 9.59 Å². The maximum Gasteiger partial charge on any atom is 0.227 e. The first-order valence-electron chi connectivity index (χ1n) is 7.87. The quantitative estimate of drug-likeness (QED) is 0.895. The first-order valence-corrected chi connectivity index (χ1v) is 7.87. The zero-order chi connectivity index (χ0) is 14.7. The minimum absolute atomic E-state index is 0.0408. The van der Waals surface area contributed by atoms with Gasteiger partial charge in [-0.15, -0.1) is 0 Å². The van der Waals surface area contributed by atoms with Gasteiger partial charge in [-0.05, 0) is 42.4 Å². The lowest BCUT2D eigenvalue weighted by atomic mass is 9.90. The van der Waals surface area contributed by atoms with Crippen LogP contribution in [0.15, 0.2) is 18.2 Å². The molecule has 4 heteroatoms. The monoisotopic (exact) mass is 286 g/mol. The number of hydrogen-bond donors (Lipinski definition) is 1. The van der Waals surface area contributed by atoms with Gasteiger partial charge in [0, 0.05) is 26.1 Å². The van der Waals surface area contributed by atoms with Crippen molar-refractivity contribution in [2.45, 2.75) is 38.5 Å². The molecule has 1 aliphatic carbocycles. The third-order valence-electron chi connectivity index (χ3n) is 4.43. The number of amides is 2. The number of fused-ring (bicyclic) bond motifs is 1. The molecule has 0 spiro atoms. The van der Waals surface area contributed by atoms with Crippen LogP contribution in [0.5, 0.6) is 0 Å². The molecule has 3 rings (SSSR count). The SMILES string of the molecule is O=C1CCN(C(=O)Cc2ccc3c(c2)CCCC3)CCN1. The van der Waals surface area contributed by atoms with Crippen LogP contribution < -0.4 is 5.32 Å². The fourth-order valence-electron chi connectivity index (χ4n) is 3.20. The minimum atomic E-state index is 0.0408. The lowest BCUT2D eigenvalue weighted by Crippen LogP contribution is -2.35. The van der Waals surface area contributed by atoms with Crippen molar-refractivity contribution in [1.29, 1.82) is 0 Å². The molecular weight excluding hydrogens is 264 g/mol. The summed E-state index contributed by atoms with van der Waals surface area (Å²) in [7, 11) is 0. The topological polar surface area (TPSA) is 49.4 Å². The van der Waals surface area contributed by atoms with Gasteiger partial charge in [-0.1, -0.05) is 18.2 Å². The third kappa shape index (κ3) is 3.43. The summed E-state index contributed by atoms with van der Waals surface area (Å²) >= 11 is 0. The van der Waals surface area contributed by atoms with Crippen molar-refractivity contribution in [2.24, 2.45) is 0 Å². The van der Waals surface area contributed by atoms with Crippen LogP contribution in [0.4, 0.5) is 0 Å². The van der Waals surface area contributed by atoms with Crippen molar-refractivity contribution in [3.8, 4) is 0 Å². The zero-order valence-electron chi connectivity index (χ0n) is 12.4. The molecule has 2 amide bonds. The number of nitrogens with one attached hydrogen (secondary N) is 1. The van der Waals surface area contributed by atoms with E-state index in [0.29, 0.717) is 32.5 Å². The van der Waals surface area contributed by atoms with Crippen molar-refractivity contribution in [3.63, 3.8) is 0 Å². The second-order valence-electron chi connectivity index (χ2n) is 5.97. The number of nitrogens with zero attached hydrogens (tertiary/aromatic N) is 1. The number of carbonyl (C=O) groups excluding carboxylic acids is 2. The molecule has 1 heterocycles. The van der Waals surface area contributed by atoms with Crippen LogP contribution in [0.25, 0.3) is 0 Å². The Morgan fingerprint density at radius 2 is 1.90 bits per heavy atom. The Hall–Kier alpha value is -1.84. The Kier molecular flexibility index (Phi) is 4.23. The van der Waals surface area contributed by atoms with Gasteiger partial charge in [0.15, 0.2) is 0 Å². The van der Waals surface area contributed by atoms with Crippen LogP contribution in [0.3, 0.4) is 0 Å². The molecule has 1 N–H and O–H groups in total. The maximum absolute atomic E-state index is 12.4. The number of rotatable bonds is 2. The summed E-state index contributed by atoms with van der Waals surface area (Å²) in [5, 5.41) is 2.80. The Labute approximate surface area is 125 Å². The molecule has 2 aliphatic rings. The van der Waals surface area contributed by atoms with Crippen LogP contribution in [0, 0.1) is 0 Å². The summed E-state index contributed by atoms with van der Waals surface area (Å²) in [6.07, 6.45) is 5.70. The first-order chi connectivity index (χ1) is 10.2. The van der Waals surface area contributed by atoms with E-state index in [1.807, 2.05) is 0 Å². The van der Waals surface area contributed by atoms with E-state index in [9.17, 15) is 9.59 Å². The van der Waals surface area contributed by atoms with E-state index >= 15 is 0 Å². The summed E-state index contributed by atoms with van der Waals surface area (Å²) in [5.74, 6) is 0.168. The molecule has 0 saturated carbocycles. The van der Waals surface area contributed by atoms with Crippen molar-refractivity contribution in [2.75, 3.05) is 19.6 Å². The van der Waals surface area contributed by atoms with Gasteiger partial charge in [0.2, 0.25) is 11.8 Å². The van der Waals surface area contributed by atoms with E-state index in [1.165, 1.54) is 30.4 Å². The molecule has 4 nitrogen and oxygen atoms in total. The Bertz CT molecular complexity index is 554. The molecule has 0 aromatic heterocycles. The van der Waals surface area contributed by atoms with E-state index in [0.717, 1.165) is 12.0 Å². The van der Waals surface area contributed by atoms with Crippen molar-refractivity contribution in [3.05, 3.63) is 34.9 Å². The first kappa shape index (κ1) is 14.1. The predicted octanol–water partition coefficient (Wildman–Crippen LogP) is 1.46. The lowest BCUT2D eigenvalue weighted by molar-refractivity contribution is -0.130. The Balaban J connectivity index is 1.65. The van der Waals surface area contributed by atoms with Gasteiger partial charge in [-0.25, -0.2) is 0 Å². The van der Waals surface area contributed by atoms with E-state index in [-0.39, 0.29) is 11.8 Å².